The molecule has 1 aromatic heterocycles. The summed E-state index contributed by atoms with van der Waals surface area (Å²) in [6.07, 6.45) is 0. The van der Waals surface area contributed by atoms with Crippen LogP contribution in [-0.4, -0.2) is 0 Å². The van der Waals surface area contributed by atoms with Crippen molar-refractivity contribution in [1.82, 2.24) is 0 Å². The van der Waals surface area contributed by atoms with E-state index in [9.17, 15) is 0 Å². The molecule has 6 aromatic carbocycles. The number of rotatable bonds is 4. The third kappa shape index (κ3) is 4.20. The number of benzene rings is 6. The summed E-state index contributed by atoms with van der Waals surface area (Å²) in [5, 5.41) is 3.23. The highest BCUT2D eigenvalue weighted by Gasteiger charge is 2.23. The van der Waals surface area contributed by atoms with E-state index in [0.29, 0.717) is 17.2 Å². The van der Waals surface area contributed by atoms with E-state index in [4.69, 9.17) is 21.1 Å². The fraction of sp³-hybridized carbons (Fsp3) is 0. The lowest BCUT2D eigenvalue weighted by Gasteiger charge is -2.28. The Labute approximate surface area is 246 Å². The molecule has 0 fully saturated rings. The summed E-state index contributed by atoms with van der Waals surface area (Å²) in [4.78, 5) is 2.27. The number of thiophene rings is 1. The van der Waals surface area contributed by atoms with Gasteiger partial charge < -0.3 is 14.4 Å². The summed E-state index contributed by atoms with van der Waals surface area (Å²) in [7, 11) is 0. The monoisotopic (exact) mass is 567 g/mol. The highest BCUT2D eigenvalue weighted by atomic mass is 35.5. The van der Waals surface area contributed by atoms with Gasteiger partial charge in [-0.05, 0) is 77.9 Å². The van der Waals surface area contributed by atoms with Gasteiger partial charge in [0, 0.05) is 42.6 Å². The molecule has 0 aliphatic carbocycles. The van der Waals surface area contributed by atoms with Crippen LogP contribution in [0, 0.1) is 0 Å². The van der Waals surface area contributed by atoms with Gasteiger partial charge >= 0.3 is 0 Å². The van der Waals surface area contributed by atoms with Gasteiger partial charge in [0.15, 0.2) is 23.0 Å². The maximum absolute atomic E-state index is 6.29. The molecule has 0 saturated carbocycles. The molecule has 2 heterocycles. The first-order valence-electron chi connectivity index (χ1n) is 13.4. The molecule has 1 aliphatic heterocycles. The molecule has 0 bridgehead atoms. The number of halogens is 1. The van der Waals surface area contributed by atoms with Gasteiger partial charge in [-0.3, -0.25) is 0 Å². The molecule has 196 valence electrons. The van der Waals surface area contributed by atoms with Crippen LogP contribution >= 0.6 is 22.9 Å². The van der Waals surface area contributed by atoms with Crippen LogP contribution in [0.5, 0.6) is 23.0 Å². The molecule has 0 unspecified atom stereocenters. The Morgan fingerprint density at radius 2 is 1.20 bits per heavy atom. The van der Waals surface area contributed by atoms with Crippen molar-refractivity contribution in [2.75, 3.05) is 4.90 Å². The minimum atomic E-state index is 0.683. The van der Waals surface area contributed by atoms with Crippen molar-refractivity contribution in [3.63, 3.8) is 0 Å². The van der Waals surface area contributed by atoms with Gasteiger partial charge in [0.2, 0.25) is 0 Å². The Balaban J connectivity index is 1.35. The van der Waals surface area contributed by atoms with E-state index in [1.165, 1.54) is 25.7 Å². The van der Waals surface area contributed by atoms with E-state index in [1.54, 1.807) is 0 Å². The summed E-state index contributed by atoms with van der Waals surface area (Å²) < 4.78 is 14.9. The predicted molar refractivity (Wildman–Crippen MR) is 171 cm³/mol. The standard InChI is InChI=1S/C36H22ClNO2S/c37-24-16-14-23(15-17-24)29-20-27(22-35-36(29)28-10-4-7-13-34(28)41-35)38(25-8-2-1-3-9-25)26-18-19-32-33(21-26)40-31-12-6-5-11-30(31)39-32/h1-22H. The normalized spacial score (nSPS) is 11.9. The van der Waals surface area contributed by atoms with Crippen LogP contribution < -0.4 is 14.4 Å². The number of fused-ring (bicyclic) bond motifs is 5. The smallest absolute Gasteiger partial charge is 0.172 e. The van der Waals surface area contributed by atoms with Crippen LogP contribution in [0.4, 0.5) is 17.1 Å². The Hall–Kier alpha value is -4.77. The molecule has 41 heavy (non-hydrogen) atoms. The summed E-state index contributed by atoms with van der Waals surface area (Å²) in [5.74, 6) is 2.81. The lowest BCUT2D eigenvalue weighted by molar-refractivity contribution is 0.360. The number of hydrogen-bond donors (Lipinski definition) is 0. The highest BCUT2D eigenvalue weighted by molar-refractivity contribution is 7.26. The van der Waals surface area contributed by atoms with Gasteiger partial charge in [-0.2, -0.15) is 0 Å². The van der Waals surface area contributed by atoms with Crippen molar-refractivity contribution < 1.29 is 9.47 Å². The lowest BCUT2D eigenvalue weighted by Crippen LogP contribution is -2.10. The van der Waals surface area contributed by atoms with Crippen LogP contribution in [-0.2, 0) is 0 Å². The lowest BCUT2D eigenvalue weighted by atomic mass is 9.98. The molecule has 3 nitrogen and oxygen atoms in total. The van der Waals surface area contributed by atoms with E-state index >= 15 is 0 Å². The Morgan fingerprint density at radius 1 is 0.512 bits per heavy atom. The van der Waals surface area contributed by atoms with E-state index in [-0.39, 0.29) is 0 Å². The molecule has 0 spiro atoms. The summed E-state index contributed by atoms with van der Waals surface area (Å²) in [5.41, 5.74) is 5.36. The zero-order valence-corrected chi connectivity index (χ0v) is 23.3. The number of nitrogens with zero attached hydrogens (tertiary/aromatic N) is 1. The molecule has 5 heteroatoms. The highest BCUT2D eigenvalue weighted by Crippen LogP contribution is 2.49. The van der Waals surface area contributed by atoms with E-state index in [2.05, 4.69) is 89.8 Å². The number of hydrogen-bond acceptors (Lipinski definition) is 4. The quantitative estimate of drug-likeness (QED) is 0.211. The van der Waals surface area contributed by atoms with Crippen molar-refractivity contribution >= 4 is 60.2 Å². The first-order chi connectivity index (χ1) is 20.2. The zero-order valence-electron chi connectivity index (χ0n) is 21.8. The van der Waals surface area contributed by atoms with E-state index < -0.39 is 0 Å². The fourth-order valence-electron chi connectivity index (χ4n) is 5.51. The minimum Gasteiger partial charge on any atom is -0.450 e. The van der Waals surface area contributed by atoms with Crippen LogP contribution in [0.1, 0.15) is 0 Å². The third-order valence-corrected chi connectivity index (χ3v) is 8.74. The summed E-state index contributed by atoms with van der Waals surface area (Å²) in [6, 6.07) is 45.6. The second-order valence-electron chi connectivity index (χ2n) is 9.92. The molecular weight excluding hydrogens is 546 g/mol. The topological polar surface area (TPSA) is 21.7 Å². The molecule has 7 aromatic rings. The van der Waals surface area contributed by atoms with Crippen LogP contribution in [0.3, 0.4) is 0 Å². The zero-order chi connectivity index (χ0) is 27.3. The van der Waals surface area contributed by atoms with Gasteiger partial charge in [0.05, 0.1) is 5.69 Å². The molecule has 0 amide bonds. The average molecular weight is 568 g/mol. The van der Waals surface area contributed by atoms with Crippen LogP contribution in [0.2, 0.25) is 5.02 Å². The second-order valence-corrected chi connectivity index (χ2v) is 11.4. The van der Waals surface area contributed by atoms with Crippen molar-refractivity contribution in [3.8, 4) is 34.1 Å². The maximum Gasteiger partial charge on any atom is 0.172 e. The average Bonchev–Trinajstić information content (AvgIpc) is 3.39. The van der Waals surface area contributed by atoms with E-state index in [1.807, 2.05) is 59.9 Å². The van der Waals surface area contributed by atoms with Crippen molar-refractivity contribution in [2.24, 2.45) is 0 Å². The molecular formula is C36H22ClNO2S. The maximum atomic E-state index is 6.29. The van der Waals surface area contributed by atoms with Gasteiger partial charge in [-0.1, -0.05) is 72.3 Å². The fourth-order valence-corrected chi connectivity index (χ4v) is 6.80. The number of anilines is 3. The molecule has 0 radical (unpaired) electrons. The second kappa shape index (κ2) is 9.70. The number of para-hydroxylation sites is 3. The Morgan fingerprint density at radius 3 is 2.00 bits per heavy atom. The van der Waals surface area contributed by atoms with Gasteiger partial charge in [0.1, 0.15) is 0 Å². The van der Waals surface area contributed by atoms with Crippen LogP contribution in [0.15, 0.2) is 133 Å². The molecule has 0 N–H and O–H groups in total. The molecule has 0 atom stereocenters. The Bertz CT molecular complexity index is 2070. The SMILES string of the molecule is Clc1ccc(-c2cc(N(c3ccccc3)c3ccc4c(c3)Oc3ccccc3O4)cc3sc4ccccc4c23)cc1. The first kappa shape index (κ1) is 24.1. The van der Waals surface area contributed by atoms with Gasteiger partial charge in [0.25, 0.3) is 0 Å². The van der Waals surface area contributed by atoms with Crippen molar-refractivity contribution in [2.45, 2.75) is 0 Å². The van der Waals surface area contributed by atoms with E-state index in [0.717, 1.165) is 33.4 Å². The van der Waals surface area contributed by atoms with Gasteiger partial charge in [-0.15, -0.1) is 11.3 Å². The van der Waals surface area contributed by atoms with Gasteiger partial charge in [-0.25, -0.2) is 0 Å². The summed E-state index contributed by atoms with van der Waals surface area (Å²) in [6.45, 7) is 0. The third-order valence-electron chi connectivity index (χ3n) is 7.37. The van der Waals surface area contributed by atoms with Crippen molar-refractivity contribution in [1.29, 1.82) is 0 Å². The minimum absolute atomic E-state index is 0.683. The van der Waals surface area contributed by atoms with Crippen LogP contribution in [0.25, 0.3) is 31.3 Å². The number of ether oxygens (including phenoxy) is 2. The summed E-state index contributed by atoms with van der Waals surface area (Å²) >= 11 is 8.11. The first-order valence-corrected chi connectivity index (χ1v) is 14.6. The molecule has 1 aliphatic rings. The Kier molecular flexibility index (Phi) is 5.69. The molecule has 8 rings (SSSR count). The largest absolute Gasteiger partial charge is 0.450 e. The molecule has 0 saturated heterocycles. The van der Waals surface area contributed by atoms with Crippen molar-refractivity contribution in [3.05, 3.63) is 138 Å². The predicted octanol–water partition coefficient (Wildman–Crippen LogP) is 11.7.